The van der Waals surface area contributed by atoms with E-state index >= 15 is 0 Å². The Balaban J connectivity index is 1.50. The summed E-state index contributed by atoms with van der Waals surface area (Å²) in [6, 6.07) is 5.08. The molecule has 30 heavy (non-hydrogen) atoms. The van der Waals surface area contributed by atoms with Crippen LogP contribution in [0.3, 0.4) is 0 Å². The molecule has 0 atom stereocenters. The van der Waals surface area contributed by atoms with Crippen molar-refractivity contribution in [3.63, 3.8) is 0 Å². The summed E-state index contributed by atoms with van der Waals surface area (Å²) in [5.41, 5.74) is 1.51. The average Bonchev–Trinajstić information content (AvgIpc) is 2.93. The van der Waals surface area contributed by atoms with Gasteiger partial charge in [0.25, 0.3) is 0 Å². The lowest BCUT2D eigenvalue weighted by Crippen LogP contribution is -2.40. The monoisotopic (exact) mass is 434 g/mol. The predicted octanol–water partition coefficient (Wildman–Crippen LogP) is 1.93. The number of nitrogens with zero attached hydrogens (tertiary/aromatic N) is 4. The van der Waals surface area contributed by atoms with Crippen molar-refractivity contribution in [2.75, 3.05) is 39.4 Å². The van der Waals surface area contributed by atoms with Gasteiger partial charge in [-0.05, 0) is 31.0 Å². The highest BCUT2D eigenvalue weighted by Crippen LogP contribution is 2.23. The first-order valence-corrected chi connectivity index (χ1v) is 12.2. The molecule has 8 nitrogen and oxygen atoms in total. The van der Waals surface area contributed by atoms with Crippen molar-refractivity contribution in [1.29, 1.82) is 0 Å². The number of morpholine rings is 1. The Morgan fingerprint density at radius 1 is 1.07 bits per heavy atom. The summed E-state index contributed by atoms with van der Waals surface area (Å²) in [4.78, 5) is 19.5. The van der Waals surface area contributed by atoms with Crippen molar-refractivity contribution in [3.05, 3.63) is 24.0 Å². The number of aryl methyl sites for hydroxylation is 2. The molecule has 3 heterocycles. The maximum absolute atomic E-state index is 12.9. The van der Waals surface area contributed by atoms with Gasteiger partial charge in [0.15, 0.2) is 0 Å². The smallest absolute Gasteiger partial charge is 0.243 e. The van der Waals surface area contributed by atoms with Crippen LogP contribution < -0.4 is 0 Å². The van der Waals surface area contributed by atoms with Crippen molar-refractivity contribution in [2.45, 2.75) is 43.4 Å². The van der Waals surface area contributed by atoms with E-state index in [9.17, 15) is 13.2 Å². The van der Waals surface area contributed by atoms with Gasteiger partial charge in [-0.1, -0.05) is 12.8 Å². The number of benzene rings is 1. The fraction of sp³-hybridized carbons (Fsp3) is 0.619. The largest absolute Gasteiger partial charge is 0.379 e. The van der Waals surface area contributed by atoms with Gasteiger partial charge in [-0.15, -0.1) is 0 Å². The number of likely N-dealkylation sites (tertiary alicyclic amines) is 1. The van der Waals surface area contributed by atoms with Crippen LogP contribution in [-0.4, -0.2) is 72.5 Å². The Morgan fingerprint density at radius 3 is 2.47 bits per heavy atom. The number of carbonyl (C=O) groups excluding carboxylic acids is 1. The highest BCUT2D eigenvalue weighted by Gasteiger charge is 2.27. The Labute approximate surface area is 177 Å². The van der Waals surface area contributed by atoms with Gasteiger partial charge in [-0.2, -0.15) is 4.31 Å². The summed E-state index contributed by atoms with van der Waals surface area (Å²) < 4.78 is 34.5. The minimum absolute atomic E-state index is 0.180. The summed E-state index contributed by atoms with van der Waals surface area (Å²) in [6.45, 7) is 3.27. The lowest BCUT2D eigenvalue weighted by Gasteiger charge is -2.26. The maximum atomic E-state index is 12.9. The van der Waals surface area contributed by atoms with E-state index in [4.69, 9.17) is 4.74 Å². The third-order valence-corrected chi connectivity index (χ3v) is 7.97. The Kier molecular flexibility index (Phi) is 6.40. The summed E-state index contributed by atoms with van der Waals surface area (Å²) >= 11 is 0. The first-order chi connectivity index (χ1) is 14.5. The first-order valence-electron chi connectivity index (χ1n) is 10.8. The van der Waals surface area contributed by atoms with Crippen LogP contribution in [0.25, 0.3) is 11.0 Å². The third-order valence-electron chi connectivity index (χ3n) is 6.07. The van der Waals surface area contributed by atoms with E-state index in [1.165, 1.54) is 17.1 Å². The van der Waals surface area contributed by atoms with Crippen LogP contribution in [0.1, 0.15) is 37.9 Å². The molecule has 1 amide bonds. The number of ether oxygens (including phenoxy) is 1. The molecule has 0 bridgehead atoms. The van der Waals surface area contributed by atoms with Crippen LogP contribution in [-0.2, 0) is 33.0 Å². The molecule has 164 valence electrons. The molecule has 1 aromatic heterocycles. The topological polar surface area (TPSA) is 84.7 Å². The van der Waals surface area contributed by atoms with Gasteiger partial charge in [0.2, 0.25) is 15.9 Å². The summed E-state index contributed by atoms with van der Waals surface area (Å²) in [5, 5.41) is 0. The lowest BCUT2D eigenvalue weighted by atomic mass is 10.2. The normalized spacial score (nSPS) is 19.2. The van der Waals surface area contributed by atoms with E-state index in [1.807, 2.05) is 16.5 Å². The Morgan fingerprint density at radius 2 is 1.77 bits per heavy atom. The zero-order chi connectivity index (χ0) is 21.1. The van der Waals surface area contributed by atoms with Gasteiger partial charge < -0.3 is 14.2 Å². The lowest BCUT2D eigenvalue weighted by molar-refractivity contribution is -0.131. The molecule has 2 aromatic rings. The van der Waals surface area contributed by atoms with E-state index in [-0.39, 0.29) is 10.8 Å². The van der Waals surface area contributed by atoms with E-state index < -0.39 is 10.0 Å². The van der Waals surface area contributed by atoms with Crippen LogP contribution in [0.4, 0.5) is 0 Å². The van der Waals surface area contributed by atoms with E-state index in [1.54, 1.807) is 18.2 Å². The number of sulfonamides is 1. The van der Waals surface area contributed by atoms with Gasteiger partial charge in [-0.25, -0.2) is 13.4 Å². The molecule has 0 aliphatic carbocycles. The molecule has 4 rings (SSSR count). The number of amides is 1. The molecular formula is C21H30N4O4S. The van der Waals surface area contributed by atoms with Crippen LogP contribution in [0.2, 0.25) is 0 Å². The van der Waals surface area contributed by atoms with Gasteiger partial charge in [0, 0.05) is 46.1 Å². The average molecular weight is 435 g/mol. The molecule has 0 N–H and O–H groups in total. The second-order valence-electron chi connectivity index (χ2n) is 8.05. The molecule has 0 saturated carbocycles. The molecule has 0 spiro atoms. The van der Waals surface area contributed by atoms with Crippen molar-refractivity contribution in [1.82, 2.24) is 18.8 Å². The van der Waals surface area contributed by atoms with Crippen LogP contribution in [0.5, 0.6) is 0 Å². The number of fused-ring (bicyclic) bond motifs is 1. The van der Waals surface area contributed by atoms with Gasteiger partial charge >= 0.3 is 0 Å². The van der Waals surface area contributed by atoms with Crippen molar-refractivity contribution < 1.29 is 17.9 Å². The van der Waals surface area contributed by atoms with Crippen LogP contribution in [0, 0.1) is 0 Å². The van der Waals surface area contributed by atoms with Gasteiger partial charge in [0.1, 0.15) is 5.82 Å². The van der Waals surface area contributed by atoms with Crippen molar-refractivity contribution in [2.24, 2.45) is 7.05 Å². The highest BCUT2D eigenvalue weighted by atomic mass is 32.2. The zero-order valence-electron chi connectivity index (χ0n) is 17.5. The highest BCUT2D eigenvalue weighted by molar-refractivity contribution is 7.89. The maximum Gasteiger partial charge on any atom is 0.243 e. The molecule has 0 unspecified atom stereocenters. The number of hydrogen-bond donors (Lipinski definition) is 0. The molecule has 2 fully saturated rings. The minimum Gasteiger partial charge on any atom is -0.379 e. The first kappa shape index (κ1) is 21.3. The molecule has 0 radical (unpaired) electrons. The second-order valence-corrected chi connectivity index (χ2v) is 9.99. The van der Waals surface area contributed by atoms with E-state index in [0.29, 0.717) is 44.7 Å². The van der Waals surface area contributed by atoms with Crippen LogP contribution in [0.15, 0.2) is 23.1 Å². The molecule has 2 saturated heterocycles. The van der Waals surface area contributed by atoms with Crippen molar-refractivity contribution in [3.8, 4) is 0 Å². The zero-order valence-corrected chi connectivity index (χ0v) is 18.4. The summed E-state index contributed by atoms with van der Waals surface area (Å²) in [5.74, 6) is 0.980. The summed E-state index contributed by atoms with van der Waals surface area (Å²) in [6.07, 6.45) is 5.54. The van der Waals surface area contributed by atoms with E-state index in [2.05, 4.69) is 4.98 Å². The van der Waals surface area contributed by atoms with Crippen LogP contribution >= 0.6 is 0 Å². The molecule has 2 aliphatic heterocycles. The fourth-order valence-corrected chi connectivity index (χ4v) is 5.68. The molecule has 1 aromatic carbocycles. The molecule has 9 heteroatoms. The van der Waals surface area contributed by atoms with Gasteiger partial charge in [-0.3, -0.25) is 4.79 Å². The van der Waals surface area contributed by atoms with E-state index in [0.717, 1.165) is 37.3 Å². The Hall–Kier alpha value is -1.97. The number of rotatable bonds is 5. The quantitative estimate of drug-likeness (QED) is 0.718. The SMILES string of the molecule is Cn1c(CCC(=O)N2CCCCCC2)nc2cc(S(=O)(=O)N3CCOCC3)ccc21. The minimum atomic E-state index is -3.56. The molecule has 2 aliphatic rings. The fourth-order valence-electron chi connectivity index (χ4n) is 4.25. The summed E-state index contributed by atoms with van der Waals surface area (Å²) in [7, 11) is -1.64. The number of aromatic nitrogens is 2. The molecular weight excluding hydrogens is 404 g/mol. The standard InChI is InChI=1S/C21H30N4O4S/c1-23-19-7-6-17(30(27,28)25-12-14-29-15-13-25)16-18(19)22-20(23)8-9-21(26)24-10-4-2-3-5-11-24/h6-7,16H,2-5,8-15H2,1H3. The predicted molar refractivity (Wildman–Crippen MR) is 114 cm³/mol. The second kappa shape index (κ2) is 9.03. The van der Waals surface area contributed by atoms with Gasteiger partial charge in [0.05, 0.1) is 29.1 Å². The third kappa shape index (κ3) is 4.38. The number of imidazole rings is 1. The number of hydrogen-bond acceptors (Lipinski definition) is 5. The number of carbonyl (C=O) groups is 1. The Bertz CT molecular complexity index is 1000. The van der Waals surface area contributed by atoms with Crippen molar-refractivity contribution >= 4 is 27.0 Å².